The zero-order valence-electron chi connectivity index (χ0n) is 75.0. The summed E-state index contributed by atoms with van der Waals surface area (Å²) >= 11 is 0. The van der Waals surface area contributed by atoms with Crippen LogP contribution in [-0.2, 0) is 35.7 Å². The van der Waals surface area contributed by atoms with Crippen LogP contribution >= 0.6 is 0 Å². The van der Waals surface area contributed by atoms with Gasteiger partial charge in [-0.15, -0.1) is 0 Å². The molecule has 4 amide bonds. The predicted octanol–water partition coefficient (Wildman–Crippen LogP) is 15.6. The molecular weight excluding hydrogens is 1680 g/mol. The number of anilines is 12. The van der Waals surface area contributed by atoms with E-state index in [0.29, 0.717) is 106 Å². The van der Waals surface area contributed by atoms with Crippen LogP contribution in [0.15, 0.2) is 231 Å². The molecule has 30 nitrogen and oxygen atoms in total. The number of nitrogens with zero attached hydrogens (tertiary/aromatic N) is 21. The number of benzene rings is 7. The lowest BCUT2D eigenvalue weighted by Gasteiger charge is -2.34. The van der Waals surface area contributed by atoms with Crippen LogP contribution in [0.25, 0.3) is 0 Å². The first-order chi connectivity index (χ1) is 64.0. The molecule has 0 spiro atoms. The van der Waals surface area contributed by atoms with Gasteiger partial charge in [0.25, 0.3) is 23.6 Å². The van der Waals surface area contributed by atoms with E-state index in [9.17, 15) is 27.8 Å². The fraction of sp³-hybridized carbons (Fsp3) is 0.320. The first kappa shape index (κ1) is 84.3. The van der Waals surface area contributed by atoms with Crippen LogP contribution in [0.3, 0.4) is 0 Å². The third-order valence-electron chi connectivity index (χ3n) is 27.2. The van der Waals surface area contributed by atoms with Crippen LogP contribution in [0.1, 0.15) is 158 Å². The number of hydrogen-bond donors (Lipinski definition) is 4. The standard InChI is InChI=1S/C26H28N6O2S.C25H25FN6O.C25H26N6O.C24H25N7O/c1-30-25(33)22-23(27-18-8-5-4-6-9-18)31(16-17-12-14-19(15-13-17)35(2,3)34)29-24(22)32-21-11-7-10-20(21)28-26(30)32;1-15-11-12-16(13-18(15)26)14-31-22(27-17-7-4-3-5-8-17)21-23(29-31)32-20-10-6-9-19(20)28-25(32)30(2)24(21)33;1-16-11-13-17(14-12-16)15-30-22(26-18-7-4-3-5-8-18)21-23(28-30)31-20-10-6-9-19(20)27-25(31)29(2)24(21)32;1-15-11-12-16(13-25-15)14-30-21(26-17-7-4-3-5-8-17)20-22(28-30)31-19-10-6-9-18(19)27-24(31)29(2)23(20)32/h4-6,8-9,12-15,20-21,27H,2,7,10-11,16H2,1,3H3;3-5,7-8,11-13,19-20,27H,6,9-10,14H2,1-2H3;3-5,7-8,11-14,19-20,26H,6,9-10,15H2,1-2H3;3-5,7-8,11-13,18-19,26H,6,9-10,14H2,1-2H3/t20-,21+,35?;2*19-,20+;18-,19+/m1111/s1. The third kappa shape index (κ3) is 15.3. The van der Waals surface area contributed by atoms with Crippen LogP contribution in [-0.4, -0.2) is 204 Å². The van der Waals surface area contributed by atoms with Gasteiger partial charge >= 0.3 is 0 Å². The van der Waals surface area contributed by atoms with Crippen molar-refractivity contribution < 1.29 is 27.8 Å². The lowest BCUT2D eigenvalue weighted by molar-refractivity contribution is 0.0857. The number of guanidine groups is 4. The first-order valence-corrected chi connectivity index (χ1v) is 47.6. The minimum atomic E-state index is -2.28. The summed E-state index contributed by atoms with van der Waals surface area (Å²) in [6.45, 7) is 7.68. The highest BCUT2D eigenvalue weighted by molar-refractivity contribution is 7.99. The lowest BCUT2D eigenvalue weighted by Crippen LogP contribution is -2.51. The Bertz CT molecular complexity index is 6580. The molecule has 4 saturated carbocycles. The van der Waals surface area contributed by atoms with Crippen LogP contribution in [0, 0.1) is 26.6 Å². The maximum absolute atomic E-state index is 14.3. The van der Waals surface area contributed by atoms with E-state index in [4.69, 9.17) is 40.4 Å². The Hall–Kier alpha value is -14.6. The van der Waals surface area contributed by atoms with Gasteiger partial charge in [-0.05, 0) is 214 Å². The number of pyridine rings is 1. The van der Waals surface area contributed by atoms with Gasteiger partial charge in [-0.2, -0.15) is 20.4 Å². The van der Waals surface area contributed by atoms with Crippen molar-refractivity contribution in [3.05, 3.63) is 274 Å². The van der Waals surface area contributed by atoms with Crippen molar-refractivity contribution in [2.24, 2.45) is 20.0 Å². The van der Waals surface area contributed by atoms with Gasteiger partial charge in [-0.25, -0.2) is 43.1 Å². The van der Waals surface area contributed by atoms with Crippen LogP contribution in [0.4, 0.5) is 73.7 Å². The molecule has 7 aromatic carbocycles. The number of aromatic nitrogens is 9. The molecule has 12 aromatic rings. The van der Waals surface area contributed by atoms with Gasteiger partial charge in [0.2, 0.25) is 23.8 Å². The molecule has 672 valence electrons. The quantitative estimate of drug-likeness (QED) is 0.0616. The summed E-state index contributed by atoms with van der Waals surface area (Å²) < 4.78 is 34.0. The number of aliphatic imine (C=N–C) groups is 4. The van der Waals surface area contributed by atoms with Gasteiger partial charge in [-0.3, -0.25) is 67.6 Å². The smallest absolute Gasteiger partial charge is 0.267 e. The molecule has 1 unspecified atom stereocenters. The number of amides is 4. The average molecular weight is 1790 g/mol. The summed E-state index contributed by atoms with van der Waals surface area (Å²) in [6, 6.07) is 66.6. The Morgan fingerprint density at radius 3 is 0.955 bits per heavy atom. The van der Waals surface area contributed by atoms with Crippen LogP contribution < -0.4 is 40.9 Å². The molecule has 4 fully saturated rings. The van der Waals surface area contributed by atoms with E-state index in [1.807, 2.05) is 199 Å². The lowest BCUT2D eigenvalue weighted by atomic mass is 10.1. The Morgan fingerprint density at radius 2 is 0.659 bits per heavy atom. The van der Waals surface area contributed by atoms with Crippen molar-refractivity contribution in [2.75, 3.05) is 75.3 Å². The number of carbonyl (C=O) groups excluding carboxylic acids is 4. The van der Waals surface area contributed by atoms with E-state index < -0.39 is 9.52 Å². The van der Waals surface area contributed by atoms with Gasteiger partial charge < -0.3 is 21.3 Å². The normalized spacial score (nSPS) is 21.5. The van der Waals surface area contributed by atoms with Crippen LogP contribution in [0.5, 0.6) is 0 Å². The maximum atomic E-state index is 14.3. The minimum Gasteiger partial charge on any atom is -0.340 e. The summed E-state index contributed by atoms with van der Waals surface area (Å²) in [6.07, 6.45) is 16.5. The monoisotopic (exact) mass is 1790 g/mol. The number of carbonyl (C=O) groups is 4. The summed E-state index contributed by atoms with van der Waals surface area (Å²) in [5, 5.41) is 33.7. The second kappa shape index (κ2) is 34.1. The Labute approximate surface area is 765 Å². The molecule has 13 heterocycles. The molecule has 4 N–H and O–H groups in total. The van der Waals surface area contributed by atoms with Gasteiger partial charge in [0, 0.05) is 74.0 Å². The molecule has 24 rings (SSSR count). The zero-order chi connectivity index (χ0) is 90.6. The second-order valence-corrected chi connectivity index (χ2v) is 38.7. The van der Waals surface area contributed by atoms with E-state index in [-0.39, 0.29) is 77.8 Å². The summed E-state index contributed by atoms with van der Waals surface area (Å²) in [7, 11) is 4.92. The molecule has 0 saturated heterocycles. The maximum Gasteiger partial charge on any atom is 0.267 e. The van der Waals surface area contributed by atoms with Gasteiger partial charge in [0.1, 0.15) is 51.3 Å². The summed E-state index contributed by atoms with van der Waals surface area (Å²) in [4.78, 5) is 94.2. The Morgan fingerprint density at radius 1 is 0.371 bits per heavy atom. The molecule has 0 radical (unpaired) electrons. The molecule has 4 aliphatic carbocycles. The zero-order valence-corrected chi connectivity index (χ0v) is 75.8. The van der Waals surface area contributed by atoms with E-state index in [1.165, 1.54) is 11.6 Å². The molecule has 8 aliphatic heterocycles. The predicted molar refractivity (Wildman–Crippen MR) is 515 cm³/mol. The number of hydrogen-bond acceptors (Lipinski definition) is 22. The Balaban J connectivity index is 0.000000106. The molecule has 9 atom stereocenters. The fourth-order valence-corrected chi connectivity index (χ4v) is 21.1. The highest BCUT2D eigenvalue weighted by Gasteiger charge is 2.55. The second-order valence-electron chi connectivity index (χ2n) is 36.2. The first-order valence-electron chi connectivity index (χ1n) is 45.5. The SMILES string of the molecule is C=S(C)(=O)c1ccc(Cn2nc3c(c2Nc2ccccc2)C(=O)N(C)C2=N[C@@H]4CCC[C@@H]4N23)cc1.Cc1ccc(Cn2nc3c(c2Nc2ccccc2)C(=O)N(C)C2=N[C@@H]4CCC[C@@H]4N23)cc1.Cc1ccc(Cn2nc3c(c2Nc2ccccc2)C(=O)N(C)C2=N[C@@H]4CCC[C@@H]4N23)cc1F.Cc1ccc(Cn2nc3c(c2Nc2ccccc2)C(=O)N(C)C2=N[C@@H]4CCC[C@@H]4N23)cn1. The number of fused-ring (bicyclic) bond motifs is 20. The van der Waals surface area contributed by atoms with Crippen molar-refractivity contribution in [2.45, 2.75) is 177 Å². The van der Waals surface area contributed by atoms with Crippen molar-refractivity contribution in [3.63, 3.8) is 0 Å². The topological polar surface area (TPSA) is 293 Å². The highest BCUT2D eigenvalue weighted by Crippen LogP contribution is 2.49. The molecular formula is C100H104FN25O5S. The van der Waals surface area contributed by atoms with Gasteiger partial charge in [0.15, 0.2) is 23.3 Å². The van der Waals surface area contributed by atoms with Gasteiger partial charge in [-0.1, -0.05) is 133 Å². The van der Waals surface area contributed by atoms with E-state index in [1.54, 1.807) is 57.6 Å². The number of nitrogens with one attached hydrogen (secondary N) is 4. The Kier molecular flexibility index (Phi) is 21.8. The minimum absolute atomic E-state index is 0.0661. The van der Waals surface area contributed by atoms with Crippen LogP contribution in [0.2, 0.25) is 0 Å². The number of halogens is 1. The van der Waals surface area contributed by atoms with Crippen molar-refractivity contribution in [3.8, 4) is 0 Å². The van der Waals surface area contributed by atoms with E-state index >= 15 is 0 Å². The third-order valence-corrected chi connectivity index (χ3v) is 28.5. The fourth-order valence-electron chi connectivity index (χ4n) is 20.4. The summed E-state index contributed by atoms with van der Waals surface area (Å²) in [5.74, 6) is 11.4. The van der Waals surface area contributed by atoms with Crippen molar-refractivity contribution in [1.82, 2.24) is 63.7 Å². The number of aryl methyl sites for hydroxylation is 3. The highest BCUT2D eigenvalue weighted by atomic mass is 32.2. The van der Waals surface area contributed by atoms with Gasteiger partial charge in [0.05, 0.1) is 74.5 Å². The average Bonchev–Trinajstić information content (AvgIpc) is 1.58. The van der Waals surface area contributed by atoms with E-state index in [0.717, 1.165) is 151 Å². The molecule has 12 aliphatic rings. The number of rotatable bonds is 17. The molecule has 0 bridgehead atoms. The molecule has 132 heavy (non-hydrogen) atoms. The largest absolute Gasteiger partial charge is 0.340 e. The van der Waals surface area contributed by atoms with Crippen molar-refractivity contribution in [1.29, 1.82) is 0 Å². The molecule has 5 aromatic heterocycles. The molecule has 32 heteroatoms. The van der Waals surface area contributed by atoms with Crippen molar-refractivity contribution >= 4 is 132 Å². The van der Waals surface area contributed by atoms with E-state index in [2.05, 4.69) is 89.0 Å². The number of para-hydroxylation sites is 4. The summed E-state index contributed by atoms with van der Waals surface area (Å²) in [5.41, 5.74) is 12.6.